The van der Waals surface area contributed by atoms with E-state index in [0.29, 0.717) is 29.9 Å². The van der Waals surface area contributed by atoms with Gasteiger partial charge in [-0.2, -0.15) is 10.1 Å². The van der Waals surface area contributed by atoms with Crippen LogP contribution in [0.2, 0.25) is 0 Å². The molecule has 2 fully saturated rings. The quantitative estimate of drug-likeness (QED) is 0.830. The monoisotopic (exact) mass is 330 g/mol. The molecule has 1 aliphatic carbocycles. The number of nitrogens with zero attached hydrogens (tertiary/aromatic N) is 4. The first-order valence-electron chi connectivity index (χ1n) is 7.97. The molecule has 0 aromatic carbocycles. The van der Waals surface area contributed by atoms with Gasteiger partial charge < -0.3 is 15.2 Å². The number of likely N-dealkylation sites (tertiary alicyclic amines) is 1. The summed E-state index contributed by atoms with van der Waals surface area (Å²) >= 11 is 0. The van der Waals surface area contributed by atoms with E-state index in [-0.39, 0.29) is 18.4 Å². The van der Waals surface area contributed by atoms with E-state index in [1.807, 2.05) is 0 Å². The summed E-state index contributed by atoms with van der Waals surface area (Å²) in [4.78, 5) is 30.2. The molecule has 3 N–H and O–H groups in total. The van der Waals surface area contributed by atoms with Crippen molar-refractivity contribution in [2.45, 2.75) is 31.6 Å². The molecule has 2 unspecified atom stereocenters. The summed E-state index contributed by atoms with van der Waals surface area (Å²) in [6.07, 6.45) is 2.25. The van der Waals surface area contributed by atoms with Gasteiger partial charge in [-0.3, -0.25) is 14.7 Å². The van der Waals surface area contributed by atoms with Crippen molar-refractivity contribution < 1.29 is 14.1 Å². The highest BCUT2D eigenvalue weighted by atomic mass is 16.5. The van der Waals surface area contributed by atoms with Crippen LogP contribution < -0.4 is 5.73 Å². The van der Waals surface area contributed by atoms with Crippen LogP contribution in [0.25, 0.3) is 0 Å². The van der Waals surface area contributed by atoms with Crippen molar-refractivity contribution in [3.63, 3.8) is 0 Å². The smallest absolute Gasteiger partial charge is 0.274 e. The first-order valence-corrected chi connectivity index (χ1v) is 7.97. The van der Waals surface area contributed by atoms with E-state index in [4.69, 9.17) is 10.3 Å². The van der Waals surface area contributed by atoms with Crippen molar-refractivity contribution in [2.75, 3.05) is 13.1 Å². The van der Waals surface area contributed by atoms with Gasteiger partial charge in [0.2, 0.25) is 11.8 Å². The minimum Gasteiger partial charge on any atom is -0.369 e. The van der Waals surface area contributed by atoms with Gasteiger partial charge in [0.1, 0.15) is 5.69 Å². The minimum absolute atomic E-state index is 0.219. The molecule has 4 rings (SSSR count). The Morgan fingerprint density at radius 1 is 1.38 bits per heavy atom. The van der Waals surface area contributed by atoms with Crippen LogP contribution in [0.3, 0.4) is 0 Å². The summed E-state index contributed by atoms with van der Waals surface area (Å²) in [7, 11) is 0. The Morgan fingerprint density at radius 3 is 2.79 bits per heavy atom. The van der Waals surface area contributed by atoms with Gasteiger partial charge >= 0.3 is 0 Å². The number of amides is 2. The summed E-state index contributed by atoms with van der Waals surface area (Å²) in [5, 5.41) is 10.8. The fourth-order valence-electron chi connectivity index (χ4n) is 3.18. The van der Waals surface area contributed by atoms with Crippen molar-refractivity contribution >= 4 is 11.8 Å². The average molecular weight is 330 g/mol. The Kier molecular flexibility index (Phi) is 3.36. The average Bonchev–Trinajstić information content (AvgIpc) is 3.00. The first kappa shape index (κ1) is 14.9. The molecule has 2 amide bonds. The number of aromatic amines is 1. The molecule has 2 atom stereocenters. The molecule has 1 aliphatic heterocycles. The zero-order valence-corrected chi connectivity index (χ0v) is 13.2. The molecule has 2 aromatic rings. The number of primary amides is 1. The fraction of sp³-hybridized carbons (Fsp3) is 0.533. The van der Waals surface area contributed by atoms with Crippen LogP contribution in [-0.4, -0.2) is 50.1 Å². The van der Waals surface area contributed by atoms with Crippen LogP contribution in [0.5, 0.6) is 0 Å². The number of nitrogens with one attached hydrogen (secondary N) is 1. The Morgan fingerprint density at radius 2 is 2.17 bits per heavy atom. The molecule has 0 spiro atoms. The van der Waals surface area contributed by atoms with Crippen molar-refractivity contribution in [3.8, 4) is 0 Å². The summed E-state index contributed by atoms with van der Waals surface area (Å²) in [5.41, 5.74) is 6.85. The molecular weight excluding hydrogens is 312 g/mol. The normalized spacial score (nSPS) is 23.6. The van der Waals surface area contributed by atoms with Crippen molar-refractivity contribution in [2.24, 2.45) is 11.7 Å². The van der Waals surface area contributed by atoms with Gasteiger partial charge in [-0.1, -0.05) is 5.16 Å². The second-order valence-corrected chi connectivity index (χ2v) is 6.49. The highest BCUT2D eigenvalue weighted by Crippen LogP contribution is 2.39. The first-order chi connectivity index (χ1) is 11.5. The van der Waals surface area contributed by atoms with Crippen LogP contribution in [0.15, 0.2) is 10.6 Å². The number of rotatable bonds is 4. The van der Waals surface area contributed by atoms with Crippen LogP contribution >= 0.6 is 0 Å². The van der Waals surface area contributed by atoms with Gasteiger partial charge in [-0.15, -0.1) is 0 Å². The van der Waals surface area contributed by atoms with Crippen LogP contribution in [0, 0.1) is 12.8 Å². The second kappa shape index (κ2) is 5.43. The number of hydrogen-bond donors (Lipinski definition) is 2. The molecule has 0 radical (unpaired) electrons. The van der Waals surface area contributed by atoms with E-state index >= 15 is 0 Å². The highest BCUT2D eigenvalue weighted by molar-refractivity contribution is 5.93. The molecule has 126 valence electrons. The van der Waals surface area contributed by atoms with E-state index < -0.39 is 11.8 Å². The molecule has 0 bridgehead atoms. The lowest BCUT2D eigenvalue weighted by Crippen LogP contribution is -2.32. The van der Waals surface area contributed by atoms with Gasteiger partial charge in [-0.05, 0) is 25.8 Å². The summed E-state index contributed by atoms with van der Waals surface area (Å²) < 4.78 is 5.18. The molecule has 1 saturated carbocycles. The summed E-state index contributed by atoms with van der Waals surface area (Å²) in [5.74, 6) is -0.308. The van der Waals surface area contributed by atoms with Gasteiger partial charge in [0, 0.05) is 24.7 Å². The molecule has 1 saturated heterocycles. The molecule has 3 heterocycles. The van der Waals surface area contributed by atoms with Gasteiger partial charge in [0.15, 0.2) is 5.82 Å². The van der Waals surface area contributed by atoms with Crippen LogP contribution in [0.1, 0.15) is 52.6 Å². The topological polar surface area (TPSA) is 131 Å². The van der Waals surface area contributed by atoms with E-state index in [9.17, 15) is 9.59 Å². The zero-order valence-electron chi connectivity index (χ0n) is 13.2. The summed E-state index contributed by atoms with van der Waals surface area (Å²) in [6, 6.07) is 1.80. The lowest BCUT2D eigenvalue weighted by atomic mass is 9.95. The standard InChI is InChI=1S/C15H18N6O3/c1-7-17-14(24-20-7)10-6-21(5-9(10)13(16)22)15(23)12-4-11(18-19-12)8-2-3-8/h4,8-10H,2-3,5-6H2,1H3,(H2,16,22)(H,18,19). The number of hydrogen-bond acceptors (Lipinski definition) is 6. The molecule has 2 aromatic heterocycles. The molecule has 2 aliphatic rings. The van der Waals surface area contributed by atoms with Crippen LogP contribution in [-0.2, 0) is 4.79 Å². The number of aryl methyl sites for hydroxylation is 1. The van der Waals surface area contributed by atoms with E-state index in [0.717, 1.165) is 18.5 Å². The SMILES string of the molecule is Cc1noc(C2CN(C(=O)c3cc(C4CC4)[nH]n3)CC2C(N)=O)n1. The maximum atomic E-state index is 12.7. The van der Waals surface area contributed by atoms with Crippen molar-refractivity contribution in [1.82, 2.24) is 25.2 Å². The van der Waals surface area contributed by atoms with E-state index in [2.05, 4.69) is 20.3 Å². The van der Waals surface area contributed by atoms with Crippen LogP contribution in [0.4, 0.5) is 0 Å². The largest absolute Gasteiger partial charge is 0.369 e. The molecule has 9 heteroatoms. The molecular formula is C15H18N6O3. The highest BCUT2D eigenvalue weighted by Gasteiger charge is 2.43. The minimum atomic E-state index is -0.546. The number of carbonyl (C=O) groups is 2. The zero-order chi connectivity index (χ0) is 16.8. The lowest BCUT2D eigenvalue weighted by Gasteiger charge is -2.13. The second-order valence-electron chi connectivity index (χ2n) is 6.49. The number of aromatic nitrogens is 4. The Bertz CT molecular complexity index is 793. The maximum absolute atomic E-state index is 12.7. The third-order valence-electron chi connectivity index (χ3n) is 4.67. The maximum Gasteiger partial charge on any atom is 0.274 e. The number of nitrogens with two attached hydrogens (primary N) is 1. The number of H-pyrrole nitrogens is 1. The van der Waals surface area contributed by atoms with E-state index in [1.165, 1.54) is 0 Å². The van der Waals surface area contributed by atoms with Crippen molar-refractivity contribution in [3.05, 3.63) is 29.2 Å². The molecule has 24 heavy (non-hydrogen) atoms. The molecule has 9 nitrogen and oxygen atoms in total. The fourth-order valence-corrected chi connectivity index (χ4v) is 3.18. The van der Waals surface area contributed by atoms with Gasteiger partial charge in [0.25, 0.3) is 5.91 Å². The third kappa shape index (κ3) is 2.55. The van der Waals surface area contributed by atoms with Gasteiger partial charge in [0.05, 0.1) is 11.8 Å². The van der Waals surface area contributed by atoms with Crippen molar-refractivity contribution in [1.29, 1.82) is 0 Å². The Balaban J connectivity index is 1.55. The predicted molar refractivity (Wildman–Crippen MR) is 80.9 cm³/mol. The number of carbonyl (C=O) groups excluding carboxylic acids is 2. The van der Waals surface area contributed by atoms with Gasteiger partial charge in [-0.25, -0.2) is 0 Å². The summed E-state index contributed by atoms with van der Waals surface area (Å²) in [6.45, 7) is 2.23. The lowest BCUT2D eigenvalue weighted by molar-refractivity contribution is -0.121. The Labute approximate surface area is 137 Å². The Hall–Kier alpha value is -2.71. The third-order valence-corrected chi connectivity index (χ3v) is 4.67. The predicted octanol–water partition coefficient (Wildman–Crippen LogP) is 0.320. The van der Waals surface area contributed by atoms with E-state index in [1.54, 1.807) is 17.9 Å².